The summed E-state index contributed by atoms with van der Waals surface area (Å²) in [7, 11) is 1.78. The minimum Gasteiger partial charge on any atom is -0.512 e. The quantitative estimate of drug-likeness (QED) is 0.590. The van der Waals surface area contributed by atoms with Crippen LogP contribution in [0.25, 0.3) is 0 Å². The van der Waals surface area contributed by atoms with Gasteiger partial charge in [0.05, 0.1) is 11.4 Å². The van der Waals surface area contributed by atoms with Gasteiger partial charge in [-0.15, -0.1) is 0 Å². The molecule has 1 N–H and O–H groups in total. The number of hydrogen-bond acceptors (Lipinski definition) is 2. The normalized spacial score (nSPS) is 27.9. The van der Waals surface area contributed by atoms with E-state index >= 15 is 0 Å². The molecule has 0 aromatic heterocycles. The van der Waals surface area contributed by atoms with Crippen LogP contribution in [-0.2, 0) is 4.74 Å². The molecule has 2 heteroatoms. The zero-order valence-electron chi connectivity index (χ0n) is 12.7. The Labute approximate surface area is 112 Å². The fourth-order valence-corrected chi connectivity index (χ4v) is 3.06. The van der Waals surface area contributed by atoms with Gasteiger partial charge in [-0.2, -0.15) is 0 Å². The van der Waals surface area contributed by atoms with Crippen molar-refractivity contribution >= 4 is 0 Å². The Morgan fingerprint density at radius 1 is 1.56 bits per heavy atom. The Morgan fingerprint density at radius 2 is 2.17 bits per heavy atom. The lowest BCUT2D eigenvalue weighted by Gasteiger charge is -2.43. The lowest BCUT2D eigenvalue weighted by molar-refractivity contribution is -0.0589. The zero-order valence-corrected chi connectivity index (χ0v) is 12.7. The number of hydrogen-bond donors (Lipinski definition) is 1. The van der Waals surface area contributed by atoms with Gasteiger partial charge in [0.1, 0.15) is 0 Å². The highest BCUT2D eigenvalue weighted by Gasteiger charge is 2.40. The first kappa shape index (κ1) is 15.3. The maximum Gasteiger partial charge on any atom is 0.0911 e. The fourth-order valence-electron chi connectivity index (χ4n) is 3.06. The van der Waals surface area contributed by atoms with Crippen molar-refractivity contribution in [2.24, 2.45) is 17.8 Å². The largest absolute Gasteiger partial charge is 0.512 e. The summed E-state index contributed by atoms with van der Waals surface area (Å²) in [6.07, 6.45) is 6.23. The van der Waals surface area contributed by atoms with Crippen LogP contribution in [0.15, 0.2) is 23.5 Å². The van der Waals surface area contributed by atoms with E-state index in [9.17, 15) is 5.11 Å². The van der Waals surface area contributed by atoms with Gasteiger partial charge in [0.25, 0.3) is 0 Å². The maximum absolute atomic E-state index is 10.0. The summed E-state index contributed by atoms with van der Waals surface area (Å²) in [6, 6.07) is 0. The van der Waals surface area contributed by atoms with Crippen molar-refractivity contribution in [3.63, 3.8) is 0 Å². The number of aliphatic hydroxyl groups is 1. The molecule has 1 aliphatic carbocycles. The maximum atomic E-state index is 10.0. The Hall–Kier alpha value is -0.760. The van der Waals surface area contributed by atoms with Gasteiger partial charge >= 0.3 is 0 Å². The molecule has 1 aliphatic rings. The van der Waals surface area contributed by atoms with Gasteiger partial charge in [-0.25, -0.2) is 0 Å². The second-order valence-corrected chi connectivity index (χ2v) is 6.07. The number of ether oxygens (including phenoxy) is 1. The van der Waals surface area contributed by atoms with Crippen molar-refractivity contribution in [3.8, 4) is 0 Å². The van der Waals surface area contributed by atoms with E-state index in [1.165, 1.54) is 5.57 Å². The van der Waals surface area contributed by atoms with Gasteiger partial charge in [-0.05, 0) is 58.4 Å². The monoisotopic (exact) mass is 252 g/mol. The summed E-state index contributed by atoms with van der Waals surface area (Å²) in [4.78, 5) is 0. The van der Waals surface area contributed by atoms with Crippen LogP contribution in [0.3, 0.4) is 0 Å². The van der Waals surface area contributed by atoms with E-state index in [2.05, 4.69) is 33.8 Å². The molecular formula is C16H28O2. The molecule has 0 fully saturated rings. The molecule has 0 heterocycles. The Balaban J connectivity index is 3.00. The van der Waals surface area contributed by atoms with E-state index in [-0.39, 0.29) is 11.5 Å². The molecule has 0 bridgehead atoms. The molecule has 0 saturated heterocycles. The number of methoxy groups -OCH3 is 1. The number of rotatable bonds is 4. The van der Waals surface area contributed by atoms with Crippen molar-refractivity contribution in [2.75, 3.05) is 7.11 Å². The molecule has 104 valence electrons. The Kier molecular flexibility index (Phi) is 5.03. The topological polar surface area (TPSA) is 29.5 Å². The third kappa shape index (κ3) is 3.17. The third-order valence-corrected chi connectivity index (χ3v) is 4.62. The van der Waals surface area contributed by atoms with Crippen LogP contribution < -0.4 is 0 Å². The predicted molar refractivity (Wildman–Crippen MR) is 76.6 cm³/mol. The second-order valence-electron chi connectivity index (χ2n) is 6.07. The van der Waals surface area contributed by atoms with Crippen LogP contribution in [-0.4, -0.2) is 17.8 Å². The highest BCUT2D eigenvalue weighted by molar-refractivity contribution is 5.12. The van der Waals surface area contributed by atoms with Crippen molar-refractivity contribution in [3.05, 3.63) is 23.5 Å². The first-order valence-electron chi connectivity index (χ1n) is 6.89. The highest BCUT2D eigenvalue weighted by atomic mass is 16.5. The molecule has 3 atom stereocenters. The van der Waals surface area contributed by atoms with E-state index < -0.39 is 0 Å². The van der Waals surface area contributed by atoms with Gasteiger partial charge in [0.15, 0.2) is 0 Å². The summed E-state index contributed by atoms with van der Waals surface area (Å²) in [5, 5.41) is 10.0. The standard InChI is InChI=1S/C16H28O2/c1-7-15(17)12(3)13-10-11(2)8-9-14(13)16(4,5)18-6/h7-8,12-14,17H,9-10H2,1-6H3/b15-7+/t12?,13-,14+/m0/s1. The smallest absolute Gasteiger partial charge is 0.0911 e. The number of aliphatic hydroxyl groups excluding tert-OH is 1. The molecule has 1 unspecified atom stereocenters. The lowest BCUT2D eigenvalue weighted by Crippen LogP contribution is -2.42. The average Bonchev–Trinajstić information content (AvgIpc) is 2.36. The summed E-state index contributed by atoms with van der Waals surface area (Å²) >= 11 is 0. The lowest BCUT2D eigenvalue weighted by atomic mass is 9.67. The van der Waals surface area contributed by atoms with Crippen LogP contribution in [0.2, 0.25) is 0 Å². The van der Waals surface area contributed by atoms with Gasteiger partial charge in [-0.1, -0.05) is 18.6 Å². The van der Waals surface area contributed by atoms with E-state index in [0.717, 1.165) is 12.8 Å². The summed E-state index contributed by atoms with van der Waals surface area (Å²) in [5.41, 5.74) is 1.28. The summed E-state index contributed by atoms with van der Waals surface area (Å²) < 4.78 is 5.68. The van der Waals surface area contributed by atoms with Gasteiger partial charge < -0.3 is 9.84 Å². The second kappa shape index (κ2) is 5.92. The van der Waals surface area contributed by atoms with Crippen molar-refractivity contribution < 1.29 is 9.84 Å². The molecule has 0 amide bonds. The van der Waals surface area contributed by atoms with E-state index in [1.807, 2.05) is 13.0 Å². The molecule has 0 spiro atoms. The molecular weight excluding hydrogens is 224 g/mol. The van der Waals surface area contributed by atoms with Crippen LogP contribution in [0.1, 0.15) is 47.5 Å². The molecule has 0 aromatic carbocycles. The molecule has 18 heavy (non-hydrogen) atoms. The predicted octanol–water partition coefficient (Wildman–Crippen LogP) is 4.48. The molecule has 2 nitrogen and oxygen atoms in total. The van der Waals surface area contributed by atoms with Crippen LogP contribution >= 0.6 is 0 Å². The van der Waals surface area contributed by atoms with Crippen molar-refractivity contribution in [1.82, 2.24) is 0 Å². The Morgan fingerprint density at radius 3 is 2.67 bits per heavy atom. The third-order valence-electron chi connectivity index (χ3n) is 4.62. The molecule has 1 rings (SSSR count). The zero-order chi connectivity index (χ0) is 13.9. The first-order valence-corrected chi connectivity index (χ1v) is 6.89. The first-order chi connectivity index (χ1) is 8.33. The minimum atomic E-state index is -0.149. The van der Waals surface area contributed by atoms with Gasteiger partial charge in [-0.3, -0.25) is 0 Å². The number of allylic oxidation sites excluding steroid dienone is 4. The molecule has 0 radical (unpaired) electrons. The SMILES string of the molecule is C/C=C(/O)C(C)[C@@H]1CC(C)=CC[C@H]1C(C)(C)OC. The Bertz CT molecular complexity index is 339. The molecule has 0 saturated carbocycles. The van der Waals surface area contributed by atoms with Gasteiger partial charge in [0.2, 0.25) is 0 Å². The highest BCUT2D eigenvalue weighted by Crippen LogP contribution is 2.43. The van der Waals surface area contributed by atoms with Crippen molar-refractivity contribution in [1.29, 1.82) is 0 Å². The van der Waals surface area contributed by atoms with Crippen LogP contribution in [0.5, 0.6) is 0 Å². The minimum absolute atomic E-state index is 0.149. The van der Waals surface area contributed by atoms with Crippen molar-refractivity contribution in [2.45, 2.75) is 53.1 Å². The molecule has 0 aromatic rings. The molecule has 0 aliphatic heterocycles. The van der Waals surface area contributed by atoms with Crippen LogP contribution in [0, 0.1) is 17.8 Å². The van der Waals surface area contributed by atoms with E-state index in [4.69, 9.17) is 4.74 Å². The van der Waals surface area contributed by atoms with E-state index in [0.29, 0.717) is 17.6 Å². The van der Waals surface area contributed by atoms with Crippen LogP contribution in [0.4, 0.5) is 0 Å². The summed E-state index contributed by atoms with van der Waals surface area (Å²) in [6.45, 7) is 10.5. The summed E-state index contributed by atoms with van der Waals surface area (Å²) in [5.74, 6) is 1.59. The van der Waals surface area contributed by atoms with Gasteiger partial charge in [0, 0.05) is 13.0 Å². The van der Waals surface area contributed by atoms with E-state index in [1.54, 1.807) is 7.11 Å². The average molecular weight is 252 g/mol. The fraction of sp³-hybridized carbons (Fsp3) is 0.750.